The van der Waals surface area contributed by atoms with Crippen LogP contribution in [0.2, 0.25) is 19.6 Å². The molecule has 0 rings (SSSR count). The zero-order chi connectivity index (χ0) is 8.91. The van der Waals surface area contributed by atoms with Crippen LogP contribution in [0.5, 0.6) is 0 Å². The monoisotopic (exact) mass is 172 g/mol. The first-order valence-corrected chi connectivity index (χ1v) is 7.74. The summed E-state index contributed by atoms with van der Waals surface area (Å²) in [6, 6.07) is 0. The second-order valence-corrected chi connectivity index (χ2v) is 8.15. The van der Waals surface area contributed by atoms with Gasteiger partial charge in [-0.15, -0.1) is 0 Å². The maximum atomic E-state index is 5.83. The highest BCUT2D eigenvalue weighted by Gasteiger charge is 2.16. The van der Waals surface area contributed by atoms with Gasteiger partial charge in [0.05, 0.1) is 5.76 Å². The van der Waals surface area contributed by atoms with Gasteiger partial charge in [-0.3, -0.25) is 0 Å². The maximum absolute atomic E-state index is 5.83. The lowest BCUT2D eigenvalue weighted by atomic mass is 10.3. The van der Waals surface area contributed by atoms with Gasteiger partial charge in [0.1, 0.15) is 0 Å². The molecule has 0 atom stereocenters. The van der Waals surface area contributed by atoms with Crippen molar-refractivity contribution in [1.82, 2.24) is 0 Å². The zero-order valence-electron chi connectivity index (χ0n) is 8.40. The van der Waals surface area contributed by atoms with E-state index in [0.29, 0.717) is 0 Å². The molecule has 0 amide bonds. The van der Waals surface area contributed by atoms with Gasteiger partial charge in [0.2, 0.25) is 8.32 Å². The van der Waals surface area contributed by atoms with Crippen LogP contribution >= 0.6 is 0 Å². The Morgan fingerprint density at radius 1 is 1.36 bits per heavy atom. The van der Waals surface area contributed by atoms with Gasteiger partial charge in [-0.1, -0.05) is 13.0 Å². The summed E-state index contributed by atoms with van der Waals surface area (Å²) in [5.41, 5.74) is 0. The van der Waals surface area contributed by atoms with Gasteiger partial charge < -0.3 is 4.43 Å². The van der Waals surface area contributed by atoms with Gasteiger partial charge in [-0.25, -0.2) is 0 Å². The number of hydrogen-bond acceptors (Lipinski definition) is 1. The van der Waals surface area contributed by atoms with Crippen molar-refractivity contribution in [2.24, 2.45) is 0 Å². The molecule has 11 heavy (non-hydrogen) atoms. The summed E-state index contributed by atoms with van der Waals surface area (Å²) in [6.07, 6.45) is 4.34. The summed E-state index contributed by atoms with van der Waals surface area (Å²) in [4.78, 5) is 0. The van der Waals surface area contributed by atoms with Crippen molar-refractivity contribution in [2.75, 3.05) is 0 Å². The first-order chi connectivity index (χ1) is 4.99. The van der Waals surface area contributed by atoms with E-state index < -0.39 is 8.32 Å². The van der Waals surface area contributed by atoms with E-state index in [0.717, 1.165) is 6.42 Å². The van der Waals surface area contributed by atoms with Crippen LogP contribution in [0.1, 0.15) is 26.7 Å². The van der Waals surface area contributed by atoms with Gasteiger partial charge in [0.15, 0.2) is 0 Å². The second-order valence-electron chi connectivity index (χ2n) is 3.72. The minimum absolute atomic E-state index is 1.08. The van der Waals surface area contributed by atoms with Crippen molar-refractivity contribution in [2.45, 2.75) is 46.3 Å². The molecule has 1 nitrogen and oxygen atoms in total. The van der Waals surface area contributed by atoms with E-state index in [4.69, 9.17) is 4.43 Å². The Labute approximate surface area is 71.6 Å². The Morgan fingerprint density at radius 3 is 2.18 bits per heavy atom. The fourth-order valence-electron chi connectivity index (χ4n) is 0.894. The van der Waals surface area contributed by atoms with Crippen molar-refractivity contribution < 1.29 is 4.43 Å². The Bertz CT molecular complexity index is 133. The minimum Gasteiger partial charge on any atom is -0.548 e. The van der Waals surface area contributed by atoms with E-state index in [2.05, 4.69) is 32.6 Å². The van der Waals surface area contributed by atoms with E-state index in [1.807, 2.05) is 6.92 Å². The largest absolute Gasteiger partial charge is 0.548 e. The molecular weight excluding hydrogens is 152 g/mol. The van der Waals surface area contributed by atoms with Crippen LogP contribution in [0.25, 0.3) is 0 Å². The van der Waals surface area contributed by atoms with Crippen LogP contribution in [-0.4, -0.2) is 8.32 Å². The normalized spacial score (nSPS) is 13.4. The van der Waals surface area contributed by atoms with Crippen molar-refractivity contribution >= 4 is 8.32 Å². The molecule has 66 valence electrons. The number of rotatable bonds is 4. The highest BCUT2D eigenvalue weighted by molar-refractivity contribution is 6.70. The molecule has 0 saturated carbocycles. The third-order valence-electron chi connectivity index (χ3n) is 1.26. The summed E-state index contributed by atoms with van der Waals surface area (Å²) in [5.74, 6) is 1.17. The average Bonchev–Trinajstić information content (AvgIpc) is 1.84. The molecule has 0 N–H and O–H groups in total. The lowest BCUT2D eigenvalue weighted by Crippen LogP contribution is -2.24. The van der Waals surface area contributed by atoms with Crippen LogP contribution in [0, 0.1) is 0 Å². The molecule has 2 heteroatoms. The quantitative estimate of drug-likeness (QED) is 0.465. The van der Waals surface area contributed by atoms with Crippen LogP contribution in [-0.2, 0) is 4.43 Å². The highest BCUT2D eigenvalue weighted by Crippen LogP contribution is 2.14. The smallest absolute Gasteiger partial charge is 0.241 e. The van der Waals surface area contributed by atoms with Crippen LogP contribution < -0.4 is 0 Å². The average molecular weight is 172 g/mol. The topological polar surface area (TPSA) is 9.23 Å². The van der Waals surface area contributed by atoms with Crippen molar-refractivity contribution in [3.63, 3.8) is 0 Å². The fraction of sp³-hybridized carbons (Fsp3) is 0.778. The highest BCUT2D eigenvalue weighted by atomic mass is 28.4. The van der Waals surface area contributed by atoms with E-state index in [9.17, 15) is 0 Å². The first-order valence-electron chi connectivity index (χ1n) is 4.33. The Hall–Kier alpha value is -0.243. The lowest BCUT2D eigenvalue weighted by molar-refractivity contribution is 0.397. The molecule has 0 aliphatic carbocycles. The summed E-state index contributed by atoms with van der Waals surface area (Å²) in [7, 11) is -1.35. The predicted octanol–water partition coefficient (Wildman–Crippen LogP) is 3.54. The van der Waals surface area contributed by atoms with E-state index in [1.165, 1.54) is 12.2 Å². The SMILES string of the molecule is C/C=C(/CCC)O[Si](C)(C)C. The molecular formula is C9H20OSi. The predicted molar refractivity (Wildman–Crippen MR) is 53.1 cm³/mol. The number of hydrogen-bond donors (Lipinski definition) is 0. The molecule has 0 spiro atoms. The molecule has 0 heterocycles. The van der Waals surface area contributed by atoms with Gasteiger partial charge in [0.25, 0.3) is 0 Å². The van der Waals surface area contributed by atoms with Crippen molar-refractivity contribution in [1.29, 1.82) is 0 Å². The molecule has 0 aliphatic heterocycles. The molecule has 0 radical (unpaired) electrons. The Kier molecular flexibility index (Phi) is 4.50. The Morgan fingerprint density at radius 2 is 1.91 bits per heavy atom. The Balaban J connectivity index is 3.90. The summed E-state index contributed by atoms with van der Waals surface area (Å²) in [5, 5.41) is 0. The van der Waals surface area contributed by atoms with Gasteiger partial charge >= 0.3 is 0 Å². The molecule has 0 aromatic carbocycles. The fourth-order valence-corrected chi connectivity index (χ4v) is 1.90. The van der Waals surface area contributed by atoms with E-state index in [1.54, 1.807) is 0 Å². The summed E-state index contributed by atoms with van der Waals surface area (Å²) >= 11 is 0. The van der Waals surface area contributed by atoms with Gasteiger partial charge in [0, 0.05) is 6.42 Å². The first kappa shape index (κ1) is 10.8. The zero-order valence-corrected chi connectivity index (χ0v) is 9.40. The van der Waals surface area contributed by atoms with Gasteiger partial charge in [-0.05, 0) is 33.0 Å². The van der Waals surface area contributed by atoms with Crippen molar-refractivity contribution in [3.05, 3.63) is 11.8 Å². The van der Waals surface area contributed by atoms with E-state index >= 15 is 0 Å². The third kappa shape index (κ3) is 6.17. The molecule has 0 aromatic heterocycles. The van der Waals surface area contributed by atoms with Crippen LogP contribution in [0.3, 0.4) is 0 Å². The van der Waals surface area contributed by atoms with Gasteiger partial charge in [-0.2, -0.15) is 0 Å². The number of allylic oxidation sites excluding steroid dienone is 2. The minimum atomic E-state index is -1.35. The summed E-state index contributed by atoms with van der Waals surface area (Å²) in [6.45, 7) is 10.9. The molecule has 0 aromatic rings. The maximum Gasteiger partial charge on any atom is 0.241 e. The standard InChI is InChI=1S/C9H20OSi/c1-6-8-9(7-2)10-11(3,4)5/h7H,6,8H2,1-5H3/b9-7-. The van der Waals surface area contributed by atoms with Crippen LogP contribution in [0.15, 0.2) is 11.8 Å². The molecule has 0 bridgehead atoms. The third-order valence-corrected chi connectivity index (χ3v) is 2.13. The lowest BCUT2D eigenvalue weighted by Gasteiger charge is -2.21. The van der Waals surface area contributed by atoms with Crippen molar-refractivity contribution in [3.8, 4) is 0 Å². The second kappa shape index (κ2) is 4.60. The van der Waals surface area contributed by atoms with Crippen LogP contribution in [0.4, 0.5) is 0 Å². The van der Waals surface area contributed by atoms with E-state index in [-0.39, 0.29) is 0 Å². The molecule has 0 aliphatic rings. The molecule has 0 fully saturated rings. The molecule has 0 unspecified atom stereocenters. The summed E-state index contributed by atoms with van der Waals surface area (Å²) < 4.78 is 5.83. The molecule has 0 saturated heterocycles.